The summed E-state index contributed by atoms with van der Waals surface area (Å²) in [6.07, 6.45) is -1.67. The fraction of sp³-hybridized carbons (Fsp3) is 0.308. The molecule has 2 N–H and O–H groups in total. The Balaban J connectivity index is 1.95. The van der Waals surface area contributed by atoms with Crippen LogP contribution in [0.4, 0.5) is 18.9 Å². The molecule has 5 nitrogen and oxygen atoms in total. The van der Waals surface area contributed by atoms with Crippen LogP contribution >= 0.6 is 0 Å². The molecule has 21 heavy (non-hydrogen) atoms. The summed E-state index contributed by atoms with van der Waals surface area (Å²) in [4.78, 5) is 3.96. The van der Waals surface area contributed by atoms with E-state index in [0.717, 1.165) is 18.0 Å². The Bertz CT molecular complexity index is 628. The lowest BCUT2D eigenvalue weighted by Gasteiger charge is -2.11. The van der Waals surface area contributed by atoms with Crippen LogP contribution in [0.3, 0.4) is 0 Å². The van der Waals surface area contributed by atoms with Gasteiger partial charge in [0, 0.05) is 13.0 Å². The number of benzene rings is 1. The molecule has 0 bridgehead atoms. The number of nitrogens with zero attached hydrogens (tertiary/aromatic N) is 3. The Hall–Kier alpha value is -2.56. The highest BCUT2D eigenvalue weighted by atomic mass is 19.4. The Labute approximate surface area is 118 Å². The van der Waals surface area contributed by atoms with Gasteiger partial charge in [0.1, 0.15) is 18.2 Å². The highest BCUT2D eigenvalue weighted by Crippen LogP contribution is 2.31. The third-order valence-corrected chi connectivity index (χ3v) is 2.84. The zero-order chi connectivity index (χ0) is 15.3. The van der Waals surface area contributed by atoms with Crippen molar-refractivity contribution in [2.75, 3.05) is 11.9 Å². The third kappa shape index (κ3) is 3.95. The Morgan fingerprint density at radius 2 is 2.14 bits per heavy atom. The minimum atomic E-state index is -4.45. The molecule has 0 aliphatic rings. The van der Waals surface area contributed by atoms with Crippen molar-refractivity contribution >= 4 is 5.69 Å². The fourth-order valence-corrected chi connectivity index (χ4v) is 1.80. The summed E-state index contributed by atoms with van der Waals surface area (Å²) >= 11 is 0. The second-order valence-corrected chi connectivity index (χ2v) is 4.33. The highest BCUT2D eigenvalue weighted by molar-refractivity contribution is 5.58. The number of aromatic amines is 1. The van der Waals surface area contributed by atoms with Crippen molar-refractivity contribution < 1.29 is 13.2 Å². The molecule has 0 fully saturated rings. The number of anilines is 1. The maximum atomic E-state index is 12.6. The topological polar surface area (TPSA) is 77.4 Å². The van der Waals surface area contributed by atoms with E-state index in [1.165, 1.54) is 12.4 Å². The zero-order valence-corrected chi connectivity index (χ0v) is 10.9. The molecular weight excluding hydrogens is 283 g/mol. The first-order valence-electron chi connectivity index (χ1n) is 6.20. The molecule has 8 heteroatoms. The minimum Gasteiger partial charge on any atom is -0.384 e. The van der Waals surface area contributed by atoms with Crippen molar-refractivity contribution in [3.8, 4) is 6.07 Å². The number of aryl methyl sites for hydroxylation is 1. The number of hydrogen-bond acceptors (Lipinski definition) is 4. The van der Waals surface area contributed by atoms with Crippen molar-refractivity contribution in [2.45, 2.75) is 19.0 Å². The lowest BCUT2D eigenvalue weighted by Crippen LogP contribution is -2.08. The van der Waals surface area contributed by atoms with Gasteiger partial charge >= 0.3 is 6.18 Å². The van der Waals surface area contributed by atoms with E-state index in [-0.39, 0.29) is 5.56 Å². The second kappa shape index (κ2) is 6.26. The molecular formula is C13H12F3N5. The third-order valence-electron chi connectivity index (χ3n) is 2.84. The van der Waals surface area contributed by atoms with Crippen molar-refractivity contribution in [3.63, 3.8) is 0 Å². The first-order chi connectivity index (χ1) is 10.0. The standard InChI is InChI=1S/C13H12F3N5/c14-13(15,16)10-3-4-11(9(6-10)7-17)18-5-1-2-12-19-8-20-21-12/h3-4,6,8,18H,1-2,5H2,(H,19,20,21). The fourth-order valence-electron chi connectivity index (χ4n) is 1.80. The molecule has 110 valence electrons. The Morgan fingerprint density at radius 3 is 2.76 bits per heavy atom. The summed E-state index contributed by atoms with van der Waals surface area (Å²) in [5, 5.41) is 18.3. The zero-order valence-electron chi connectivity index (χ0n) is 10.9. The van der Waals surface area contributed by atoms with Gasteiger partial charge in [-0.25, -0.2) is 4.98 Å². The summed E-state index contributed by atoms with van der Waals surface area (Å²) in [7, 11) is 0. The molecule has 0 aliphatic carbocycles. The van der Waals surface area contributed by atoms with E-state index in [1.54, 1.807) is 6.07 Å². The Morgan fingerprint density at radius 1 is 1.33 bits per heavy atom. The van der Waals surface area contributed by atoms with Crippen LogP contribution in [-0.2, 0) is 12.6 Å². The van der Waals surface area contributed by atoms with Gasteiger partial charge in [0.2, 0.25) is 0 Å². The summed E-state index contributed by atoms with van der Waals surface area (Å²) < 4.78 is 37.7. The molecule has 0 amide bonds. The molecule has 0 spiro atoms. The minimum absolute atomic E-state index is 0.0236. The lowest BCUT2D eigenvalue weighted by molar-refractivity contribution is -0.137. The number of halogens is 3. The first kappa shape index (κ1) is 14.8. The van der Waals surface area contributed by atoms with E-state index in [1.807, 2.05) is 0 Å². The van der Waals surface area contributed by atoms with Crippen molar-refractivity contribution in [2.24, 2.45) is 0 Å². The molecule has 0 aliphatic heterocycles. The van der Waals surface area contributed by atoms with Gasteiger partial charge in [-0.2, -0.15) is 23.5 Å². The summed E-state index contributed by atoms with van der Waals surface area (Å²) in [5.74, 6) is 0.740. The first-order valence-corrected chi connectivity index (χ1v) is 6.20. The lowest BCUT2D eigenvalue weighted by atomic mass is 10.1. The molecule has 1 aromatic carbocycles. The van der Waals surface area contributed by atoms with Crippen LogP contribution in [0.25, 0.3) is 0 Å². The van der Waals surface area contributed by atoms with Crippen LogP contribution in [0.15, 0.2) is 24.5 Å². The second-order valence-electron chi connectivity index (χ2n) is 4.33. The van der Waals surface area contributed by atoms with E-state index >= 15 is 0 Å². The summed E-state index contributed by atoms with van der Waals surface area (Å²) in [6.45, 7) is 0.515. The van der Waals surface area contributed by atoms with Crippen LogP contribution < -0.4 is 5.32 Å². The SMILES string of the molecule is N#Cc1cc(C(F)(F)F)ccc1NCCCc1ncn[nH]1. The molecule has 2 aromatic rings. The number of aromatic nitrogens is 3. The van der Waals surface area contributed by atoms with Crippen LogP contribution in [0.1, 0.15) is 23.4 Å². The quantitative estimate of drug-likeness (QED) is 0.831. The number of nitriles is 1. The largest absolute Gasteiger partial charge is 0.416 e. The van der Waals surface area contributed by atoms with Crippen molar-refractivity contribution in [1.29, 1.82) is 5.26 Å². The van der Waals surface area contributed by atoms with E-state index < -0.39 is 11.7 Å². The van der Waals surface area contributed by atoms with Crippen LogP contribution in [-0.4, -0.2) is 21.7 Å². The Kier molecular flexibility index (Phi) is 4.42. The molecule has 2 rings (SSSR count). The molecule has 0 atom stereocenters. The van der Waals surface area contributed by atoms with Gasteiger partial charge < -0.3 is 5.32 Å². The molecule has 0 saturated heterocycles. The van der Waals surface area contributed by atoms with Gasteiger partial charge in [0.15, 0.2) is 0 Å². The van der Waals surface area contributed by atoms with Crippen LogP contribution in [0, 0.1) is 11.3 Å². The van der Waals surface area contributed by atoms with E-state index in [9.17, 15) is 13.2 Å². The van der Waals surface area contributed by atoms with E-state index in [0.29, 0.717) is 25.1 Å². The molecule has 1 aromatic heterocycles. The highest BCUT2D eigenvalue weighted by Gasteiger charge is 2.30. The van der Waals surface area contributed by atoms with E-state index in [2.05, 4.69) is 20.5 Å². The maximum absolute atomic E-state index is 12.6. The molecule has 0 unspecified atom stereocenters. The van der Waals surface area contributed by atoms with Crippen molar-refractivity contribution in [1.82, 2.24) is 15.2 Å². The number of hydrogen-bond donors (Lipinski definition) is 2. The molecule has 1 heterocycles. The number of H-pyrrole nitrogens is 1. The predicted octanol–water partition coefficient (Wildman–Crippen LogP) is 2.74. The molecule has 0 saturated carbocycles. The molecule has 0 radical (unpaired) electrons. The van der Waals surface area contributed by atoms with Gasteiger partial charge in [0.05, 0.1) is 16.8 Å². The monoisotopic (exact) mass is 295 g/mol. The van der Waals surface area contributed by atoms with Gasteiger partial charge in [-0.3, -0.25) is 5.10 Å². The maximum Gasteiger partial charge on any atom is 0.416 e. The average Bonchev–Trinajstić information content (AvgIpc) is 2.95. The average molecular weight is 295 g/mol. The van der Waals surface area contributed by atoms with E-state index in [4.69, 9.17) is 5.26 Å². The number of alkyl halides is 3. The van der Waals surface area contributed by atoms with Gasteiger partial charge in [-0.05, 0) is 24.6 Å². The predicted molar refractivity (Wildman–Crippen MR) is 69.4 cm³/mol. The van der Waals surface area contributed by atoms with Crippen molar-refractivity contribution in [3.05, 3.63) is 41.5 Å². The van der Waals surface area contributed by atoms with Gasteiger partial charge in [0.25, 0.3) is 0 Å². The summed E-state index contributed by atoms with van der Waals surface area (Å²) in [5.41, 5.74) is -0.459. The summed E-state index contributed by atoms with van der Waals surface area (Å²) in [6, 6.07) is 4.85. The number of rotatable bonds is 5. The number of nitrogens with one attached hydrogen (secondary N) is 2. The normalized spacial score (nSPS) is 11.1. The van der Waals surface area contributed by atoms with Gasteiger partial charge in [-0.1, -0.05) is 0 Å². The van der Waals surface area contributed by atoms with Gasteiger partial charge in [-0.15, -0.1) is 0 Å². The smallest absolute Gasteiger partial charge is 0.384 e. The van der Waals surface area contributed by atoms with Crippen LogP contribution in [0.2, 0.25) is 0 Å². The van der Waals surface area contributed by atoms with Crippen LogP contribution in [0.5, 0.6) is 0 Å².